The van der Waals surface area contributed by atoms with Gasteiger partial charge in [-0.15, -0.1) is 11.3 Å². The Bertz CT molecular complexity index is 581. The van der Waals surface area contributed by atoms with E-state index in [1.165, 1.54) is 6.07 Å². The zero-order valence-corrected chi connectivity index (χ0v) is 13.3. The Morgan fingerprint density at radius 2 is 2.05 bits per heavy atom. The maximum Gasteiger partial charge on any atom is 0.326 e. The van der Waals surface area contributed by atoms with E-state index < -0.39 is 34.5 Å². The molecule has 0 aromatic carbocycles. The van der Waals surface area contributed by atoms with Crippen molar-refractivity contribution in [2.75, 3.05) is 6.54 Å². The van der Waals surface area contributed by atoms with Crippen LogP contribution in [0.5, 0.6) is 0 Å². The molecule has 0 aliphatic heterocycles. The number of hydrogen-bond donors (Lipinski definition) is 3. The van der Waals surface area contributed by atoms with Crippen molar-refractivity contribution in [2.24, 2.45) is 5.92 Å². The largest absolute Gasteiger partial charge is 0.480 e. The first kappa shape index (κ1) is 17.6. The van der Waals surface area contributed by atoms with Crippen molar-refractivity contribution < 1.29 is 23.1 Å². The number of amides is 1. The Hall–Kier alpha value is -1.45. The van der Waals surface area contributed by atoms with Gasteiger partial charge in [-0.05, 0) is 23.8 Å². The average Bonchev–Trinajstić information content (AvgIpc) is 2.89. The van der Waals surface area contributed by atoms with Crippen LogP contribution >= 0.6 is 11.3 Å². The first-order chi connectivity index (χ1) is 9.72. The van der Waals surface area contributed by atoms with Crippen LogP contribution in [0.3, 0.4) is 0 Å². The van der Waals surface area contributed by atoms with Crippen molar-refractivity contribution in [3.8, 4) is 0 Å². The molecule has 21 heavy (non-hydrogen) atoms. The van der Waals surface area contributed by atoms with Crippen molar-refractivity contribution in [3.05, 3.63) is 17.5 Å². The Balaban J connectivity index is 2.55. The smallest absolute Gasteiger partial charge is 0.326 e. The molecule has 1 atom stereocenters. The molecule has 0 aliphatic rings. The lowest BCUT2D eigenvalue weighted by Crippen LogP contribution is -2.46. The monoisotopic (exact) mass is 334 g/mol. The van der Waals surface area contributed by atoms with Gasteiger partial charge in [0, 0.05) is 0 Å². The summed E-state index contributed by atoms with van der Waals surface area (Å²) in [7, 11) is -3.73. The molecule has 1 aromatic heterocycles. The third-order valence-electron chi connectivity index (χ3n) is 2.52. The predicted octanol–water partition coefficient (Wildman–Crippen LogP) is 0.642. The third kappa shape index (κ3) is 5.82. The van der Waals surface area contributed by atoms with Crippen molar-refractivity contribution in [3.63, 3.8) is 0 Å². The van der Waals surface area contributed by atoms with E-state index in [-0.39, 0.29) is 16.5 Å². The molecular weight excluding hydrogens is 316 g/mol. The Morgan fingerprint density at radius 1 is 1.38 bits per heavy atom. The van der Waals surface area contributed by atoms with E-state index >= 15 is 0 Å². The molecule has 0 unspecified atom stereocenters. The number of rotatable bonds is 8. The molecule has 3 N–H and O–H groups in total. The number of nitrogens with one attached hydrogen (secondary N) is 2. The fourth-order valence-corrected chi connectivity index (χ4v) is 3.61. The number of carboxylic acids is 1. The number of thiophene rings is 1. The van der Waals surface area contributed by atoms with Gasteiger partial charge in [0.25, 0.3) is 10.0 Å². The maximum absolute atomic E-state index is 11.8. The minimum absolute atomic E-state index is 0.0919. The highest BCUT2D eigenvalue weighted by Gasteiger charge is 2.22. The van der Waals surface area contributed by atoms with Crippen molar-refractivity contribution in [2.45, 2.75) is 30.5 Å². The van der Waals surface area contributed by atoms with Gasteiger partial charge in [0.15, 0.2) is 0 Å². The summed E-state index contributed by atoms with van der Waals surface area (Å²) in [6.45, 7) is 3.17. The molecule has 9 heteroatoms. The Morgan fingerprint density at radius 3 is 2.52 bits per heavy atom. The molecule has 7 nitrogen and oxygen atoms in total. The number of carbonyl (C=O) groups is 2. The number of hydrogen-bond acceptors (Lipinski definition) is 5. The summed E-state index contributed by atoms with van der Waals surface area (Å²) in [5.41, 5.74) is 0. The Kier molecular flexibility index (Phi) is 6.31. The summed E-state index contributed by atoms with van der Waals surface area (Å²) in [5, 5.41) is 12.9. The second-order valence-corrected chi connectivity index (χ2v) is 7.79. The van der Waals surface area contributed by atoms with Crippen molar-refractivity contribution >= 4 is 33.2 Å². The quantitative estimate of drug-likeness (QED) is 0.646. The fraction of sp³-hybridized carbons (Fsp3) is 0.500. The zero-order valence-electron chi connectivity index (χ0n) is 11.7. The summed E-state index contributed by atoms with van der Waals surface area (Å²) in [6.07, 6.45) is 0.277. The molecule has 0 saturated carbocycles. The van der Waals surface area contributed by atoms with Crippen molar-refractivity contribution in [1.82, 2.24) is 10.0 Å². The SMILES string of the molecule is CC(C)C[C@@H](NC(=O)CNS(=O)(=O)c1cccs1)C(=O)O. The lowest BCUT2D eigenvalue weighted by Gasteiger charge is -2.16. The van der Waals surface area contributed by atoms with Gasteiger partial charge in [-0.2, -0.15) is 0 Å². The van der Waals surface area contributed by atoms with Crippen LogP contribution in [0.4, 0.5) is 0 Å². The highest BCUT2D eigenvalue weighted by atomic mass is 32.2. The van der Waals surface area contributed by atoms with Gasteiger partial charge in [0.1, 0.15) is 10.3 Å². The van der Waals surface area contributed by atoms with E-state index in [4.69, 9.17) is 5.11 Å². The molecule has 1 rings (SSSR count). The summed E-state index contributed by atoms with van der Waals surface area (Å²) in [5.74, 6) is -1.73. The summed E-state index contributed by atoms with van der Waals surface area (Å²) >= 11 is 1.03. The van der Waals surface area contributed by atoms with Gasteiger partial charge < -0.3 is 10.4 Å². The fourth-order valence-electron chi connectivity index (χ4n) is 1.59. The summed E-state index contributed by atoms with van der Waals surface area (Å²) < 4.78 is 25.8. The molecular formula is C12H18N2O5S2. The number of carboxylic acid groups (broad SMARTS) is 1. The van der Waals surface area contributed by atoms with Crippen LogP contribution in [0.15, 0.2) is 21.7 Å². The Labute approximate surface area is 127 Å². The minimum atomic E-state index is -3.73. The molecule has 0 radical (unpaired) electrons. The molecule has 0 fully saturated rings. The van der Waals surface area contributed by atoms with Crippen LogP contribution in [-0.4, -0.2) is 38.0 Å². The van der Waals surface area contributed by atoms with Gasteiger partial charge in [0.2, 0.25) is 5.91 Å². The first-order valence-electron chi connectivity index (χ1n) is 6.27. The standard InChI is InChI=1S/C12H18N2O5S2/c1-8(2)6-9(12(16)17)14-10(15)7-13-21(18,19)11-4-3-5-20-11/h3-5,8-9,13H,6-7H2,1-2H3,(H,14,15)(H,16,17)/t9-/m1/s1. The van der Waals surface area contributed by atoms with Gasteiger partial charge in [-0.3, -0.25) is 4.79 Å². The van der Waals surface area contributed by atoms with Crippen LogP contribution in [0.25, 0.3) is 0 Å². The lowest BCUT2D eigenvalue weighted by atomic mass is 10.0. The third-order valence-corrected chi connectivity index (χ3v) is 5.32. The zero-order chi connectivity index (χ0) is 16.0. The molecule has 0 spiro atoms. The van der Waals surface area contributed by atoms with Gasteiger partial charge in [-0.25, -0.2) is 17.9 Å². The van der Waals surface area contributed by atoms with Crippen LogP contribution in [0.2, 0.25) is 0 Å². The van der Waals surface area contributed by atoms with Crippen LogP contribution in [0.1, 0.15) is 20.3 Å². The second kappa shape index (κ2) is 7.53. The number of sulfonamides is 1. The average molecular weight is 334 g/mol. The molecule has 0 bridgehead atoms. The topological polar surface area (TPSA) is 113 Å². The van der Waals surface area contributed by atoms with E-state index in [2.05, 4.69) is 10.0 Å². The van der Waals surface area contributed by atoms with Gasteiger partial charge in [0.05, 0.1) is 6.54 Å². The van der Waals surface area contributed by atoms with E-state index in [1.807, 2.05) is 13.8 Å². The highest BCUT2D eigenvalue weighted by molar-refractivity contribution is 7.91. The molecule has 0 saturated heterocycles. The normalized spacial score (nSPS) is 13.1. The van der Waals surface area contributed by atoms with Gasteiger partial charge in [-0.1, -0.05) is 19.9 Å². The van der Waals surface area contributed by atoms with E-state index in [0.717, 1.165) is 11.3 Å². The predicted molar refractivity (Wildman–Crippen MR) is 78.5 cm³/mol. The molecule has 118 valence electrons. The van der Waals surface area contributed by atoms with Crippen LogP contribution in [-0.2, 0) is 19.6 Å². The molecule has 1 aromatic rings. The number of aliphatic carboxylic acids is 1. The second-order valence-electron chi connectivity index (χ2n) is 4.84. The van der Waals surface area contributed by atoms with Gasteiger partial charge >= 0.3 is 5.97 Å². The lowest BCUT2D eigenvalue weighted by molar-refractivity contribution is -0.142. The van der Waals surface area contributed by atoms with E-state index in [9.17, 15) is 18.0 Å². The minimum Gasteiger partial charge on any atom is -0.480 e. The van der Waals surface area contributed by atoms with Crippen molar-refractivity contribution in [1.29, 1.82) is 0 Å². The van der Waals surface area contributed by atoms with Crippen LogP contribution < -0.4 is 10.0 Å². The van der Waals surface area contributed by atoms with E-state index in [1.54, 1.807) is 11.4 Å². The maximum atomic E-state index is 11.8. The summed E-state index contributed by atoms with van der Waals surface area (Å²) in [6, 6.07) is 1.98. The summed E-state index contributed by atoms with van der Waals surface area (Å²) in [4.78, 5) is 22.7. The molecule has 1 amide bonds. The number of carbonyl (C=O) groups excluding carboxylic acids is 1. The molecule has 0 aliphatic carbocycles. The highest BCUT2D eigenvalue weighted by Crippen LogP contribution is 2.14. The van der Waals surface area contributed by atoms with E-state index in [0.29, 0.717) is 0 Å². The first-order valence-corrected chi connectivity index (χ1v) is 8.64. The molecule has 1 heterocycles. The van der Waals surface area contributed by atoms with Crippen LogP contribution in [0, 0.1) is 5.92 Å².